The highest BCUT2D eigenvalue weighted by atomic mass is 15.0. The molecule has 1 aliphatic carbocycles. The lowest BCUT2D eigenvalue weighted by Crippen LogP contribution is -2.53. The third-order valence-corrected chi connectivity index (χ3v) is 6.79. The monoisotopic (exact) mass is 450 g/mol. The van der Waals surface area contributed by atoms with Gasteiger partial charge in [-0.05, 0) is 67.2 Å². The highest BCUT2D eigenvalue weighted by Crippen LogP contribution is 2.34. The minimum absolute atomic E-state index is 0.676. The minimum atomic E-state index is 0.676. The number of allylic oxidation sites excluding steroid dienone is 6. The average Bonchev–Trinajstić information content (AvgIpc) is 2.81. The Morgan fingerprint density at radius 3 is 2.58 bits per heavy atom. The van der Waals surface area contributed by atoms with E-state index >= 15 is 0 Å². The summed E-state index contributed by atoms with van der Waals surface area (Å²) in [5, 5.41) is 10.1. The molecule has 1 saturated heterocycles. The zero-order valence-electron chi connectivity index (χ0n) is 21.8. The van der Waals surface area contributed by atoms with E-state index < -0.39 is 0 Å². The summed E-state index contributed by atoms with van der Waals surface area (Å²) in [4.78, 5) is 4.54. The van der Waals surface area contributed by atoms with Crippen LogP contribution in [0.1, 0.15) is 67.2 Å². The van der Waals surface area contributed by atoms with Gasteiger partial charge >= 0.3 is 0 Å². The van der Waals surface area contributed by atoms with Crippen LogP contribution >= 0.6 is 0 Å². The molecule has 0 amide bonds. The van der Waals surface area contributed by atoms with E-state index in [-0.39, 0.29) is 0 Å². The van der Waals surface area contributed by atoms with Crippen molar-refractivity contribution in [3.63, 3.8) is 0 Å². The van der Waals surface area contributed by atoms with Gasteiger partial charge in [0.05, 0.1) is 11.4 Å². The highest BCUT2D eigenvalue weighted by Gasteiger charge is 2.35. The lowest BCUT2D eigenvalue weighted by atomic mass is 9.72. The molecule has 3 rings (SSSR count). The lowest BCUT2D eigenvalue weighted by Gasteiger charge is -2.43. The molecule has 0 bridgehead atoms. The molecule has 0 radical (unpaired) electrons. The van der Waals surface area contributed by atoms with E-state index in [9.17, 15) is 0 Å². The third kappa shape index (κ3) is 8.51. The van der Waals surface area contributed by atoms with Gasteiger partial charge in [0, 0.05) is 38.6 Å². The summed E-state index contributed by atoms with van der Waals surface area (Å²) in [6.45, 7) is 17.5. The largest absolute Gasteiger partial charge is 0.386 e. The summed E-state index contributed by atoms with van der Waals surface area (Å²) in [7, 11) is 0. The fourth-order valence-corrected chi connectivity index (χ4v) is 4.24. The molecule has 182 valence electrons. The highest BCUT2D eigenvalue weighted by molar-refractivity contribution is 6.12. The molecule has 1 fully saturated rings. The Hall–Kier alpha value is -2.33. The Labute approximate surface area is 202 Å². The van der Waals surface area contributed by atoms with Crippen LogP contribution in [0.5, 0.6) is 0 Å². The van der Waals surface area contributed by atoms with Crippen LogP contribution in [0.2, 0.25) is 0 Å². The lowest BCUT2D eigenvalue weighted by molar-refractivity contribution is 0.120. The number of hydrogen-bond donors (Lipinski definition) is 3. The molecule has 0 saturated carbocycles. The van der Waals surface area contributed by atoms with Crippen LogP contribution in [0.3, 0.4) is 0 Å². The minimum Gasteiger partial charge on any atom is -0.386 e. The smallest absolute Gasteiger partial charge is 0.0701 e. The van der Waals surface area contributed by atoms with E-state index in [1.807, 2.05) is 25.4 Å². The van der Waals surface area contributed by atoms with E-state index in [0.717, 1.165) is 36.8 Å². The summed E-state index contributed by atoms with van der Waals surface area (Å²) >= 11 is 0. The first-order chi connectivity index (χ1) is 16.0. The Balaban J connectivity index is 0.000000294. The van der Waals surface area contributed by atoms with E-state index in [2.05, 4.69) is 85.9 Å². The van der Waals surface area contributed by atoms with Crippen LogP contribution in [-0.2, 0) is 0 Å². The Kier molecular flexibility index (Phi) is 11.5. The molecular formula is C29H46N4. The molecule has 1 unspecified atom stereocenters. The molecule has 0 aromatic heterocycles. The average molecular weight is 451 g/mol. The van der Waals surface area contributed by atoms with Crippen molar-refractivity contribution in [1.82, 2.24) is 16.0 Å². The molecule has 1 atom stereocenters. The zero-order chi connectivity index (χ0) is 24.1. The number of aliphatic imine (C=N–C) groups is 1. The van der Waals surface area contributed by atoms with Crippen LogP contribution in [0.15, 0.2) is 76.3 Å². The van der Waals surface area contributed by atoms with Gasteiger partial charge in [0.2, 0.25) is 0 Å². The standard InChI is InChI=1S/C19H25N3.C10H21N/c1-4-6-17-8-7-16(12-18(17)21-10-5-2)13-22-19-14-20-11-9-15(19)3;1-4-9(3)6-10(5-2)7-11-8-10/h5-10,12,14,20,22H,4,11,13H2,1-3H3;9,11H,4-8H2,1-3H3/b10-5-,17-6+,21-18+;. The van der Waals surface area contributed by atoms with Crippen molar-refractivity contribution >= 4 is 5.71 Å². The molecule has 2 aliphatic heterocycles. The van der Waals surface area contributed by atoms with E-state index in [1.165, 1.54) is 49.1 Å². The first-order valence-electron chi connectivity index (χ1n) is 12.8. The predicted octanol–water partition coefficient (Wildman–Crippen LogP) is 6.20. The number of nitrogens with zero attached hydrogens (tertiary/aromatic N) is 1. The van der Waals surface area contributed by atoms with Crippen LogP contribution in [0, 0.1) is 11.3 Å². The predicted molar refractivity (Wildman–Crippen MR) is 145 cm³/mol. The molecule has 4 heteroatoms. The zero-order valence-corrected chi connectivity index (χ0v) is 21.8. The summed E-state index contributed by atoms with van der Waals surface area (Å²) in [6, 6.07) is 0. The molecule has 0 aromatic rings. The van der Waals surface area contributed by atoms with Gasteiger partial charge < -0.3 is 16.0 Å². The Bertz CT molecular complexity index is 826. The first kappa shape index (κ1) is 26.9. The Morgan fingerprint density at radius 1 is 1.21 bits per heavy atom. The summed E-state index contributed by atoms with van der Waals surface area (Å²) in [5.74, 6) is 0.914. The number of rotatable bonds is 9. The van der Waals surface area contributed by atoms with Crippen molar-refractivity contribution in [2.75, 3.05) is 26.2 Å². The fourth-order valence-electron chi connectivity index (χ4n) is 4.24. The SMILES string of the molecule is CCC(C)CC1(CC)CNC1.C\C=C/N=C1\C=C(CNC2=CNCC=C2C)C=C\C1=C/CC. The first-order valence-corrected chi connectivity index (χ1v) is 12.8. The molecule has 4 nitrogen and oxygen atoms in total. The normalized spacial score (nSPS) is 22.5. The maximum atomic E-state index is 4.54. The summed E-state index contributed by atoms with van der Waals surface area (Å²) < 4.78 is 0. The van der Waals surface area contributed by atoms with Gasteiger partial charge in [-0.25, -0.2) is 0 Å². The van der Waals surface area contributed by atoms with Crippen molar-refractivity contribution in [2.45, 2.75) is 67.2 Å². The van der Waals surface area contributed by atoms with E-state index in [4.69, 9.17) is 0 Å². The molecule has 33 heavy (non-hydrogen) atoms. The summed E-state index contributed by atoms with van der Waals surface area (Å²) in [5.41, 5.74) is 6.57. The van der Waals surface area contributed by atoms with E-state index in [1.54, 1.807) is 0 Å². The maximum absolute atomic E-state index is 4.54. The molecule has 0 aromatic carbocycles. The van der Waals surface area contributed by atoms with Gasteiger partial charge in [0.15, 0.2) is 0 Å². The van der Waals surface area contributed by atoms with Crippen molar-refractivity contribution < 1.29 is 0 Å². The van der Waals surface area contributed by atoms with Crippen LogP contribution in [0.4, 0.5) is 0 Å². The number of nitrogens with one attached hydrogen (secondary N) is 3. The summed E-state index contributed by atoms with van der Waals surface area (Å²) in [6.07, 6.45) is 21.8. The fraction of sp³-hybridized carbons (Fsp3) is 0.552. The molecule has 2 heterocycles. The van der Waals surface area contributed by atoms with Gasteiger partial charge in [-0.2, -0.15) is 0 Å². The van der Waals surface area contributed by atoms with Crippen LogP contribution < -0.4 is 16.0 Å². The van der Waals surface area contributed by atoms with Crippen molar-refractivity contribution in [2.24, 2.45) is 16.3 Å². The van der Waals surface area contributed by atoms with Crippen LogP contribution in [-0.4, -0.2) is 31.9 Å². The van der Waals surface area contributed by atoms with Crippen molar-refractivity contribution in [3.05, 3.63) is 71.3 Å². The van der Waals surface area contributed by atoms with Gasteiger partial charge in [0.25, 0.3) is 0 Å². The maximum Gasteiger partial charge on any atom is 0.0701 e. The quantitative estimate of drug-likeness (QED) is 0.392. The molecular weight excluding hydrogens is 404 g/mol. The number of dihydropyridines is 1. The number of hydrogen-bond acceptors (Lipinski definition) is 4. The van der Waals surface area contributed by atoms with Crippen molar-refractivity contribution in [3.8, 4) is 0 Å². The second kappa shape index (κ2) is 14.0. The molecule has 3 N–H and O–H groups in total. The van der Waals surface area contributed by atoms with E-state index in [0.29, 0.717) is 5.41 Å². The third-order valence-electron chi connectivity index (χ3n) is 6.79. The topological polar surface area (TPSA) is 48.5 Å². The molecule has 0 spiro atoms. The van der Waals surface area contributed by atoms with Gasteiger partial charge in [0.1, 0.15) is 0 Å². The second-order valence-electron chi connectivity index (χ2n) is 9.50. The van der Waals surface area contributed by atoms with Gasteiger partial charge in [-0.3, -0.25) is 4.99 Å². The van der Waals surface area contributed by atoms with Crippen LogP contribution in [0.25, 0.3) is 0 Å². The second-order valence-corrected chi connectivity index (χ2v) is 9.50. The van der Waals surface area contributed by atoms with Gasteiger partial charge in [-0.15, -0.1) is 0 Å². The Morgan fingerprint density at radius 2 is 2.00 bits per heavy atom. The van der Waals surface area contributed by atoms with Gasteiger partial charge in [-0.1, -0.05) is 64.5 Å². The molecule has 3 aliphatic rings. The van der Waals surface area contributed by atoms with Crippen molar-refractivity contribution in [1.29, 1.82) is 0 Å².